The molecule has 0 aromatic heterocycles. The topological polar surface area (TPSA) is 66.8 Å². The summed E-state index contributed by atoms with van der Waals surface area (Å²) < 4.78 is 25.3. The first-order chi connectivity index (χ1) is 13.3. The van der Waals surface area contributed by atoms with Gasteiger partial charge in [-0.25, -0.2) is 8.42 Å². The molecule has 2 aliphatic heterocycles. The van der Waals surface area contributed by atoms with Gasteiger partial charge < -0.3 is 4.90 Å². The number of carbonyl (C=O) groups excluding carboxylic acids is 1. The van der Waals surface area contributed by atoms with Gasteiger partial charge >= 0.3 is 0 Å². The van der Waals surface area contributed by atoms with Crippen LogP contribution < -0.4 is 4.90 Å². The standard InChI is InChI=1S/C20H19IN2O3S2/c1-13-4-2-5-14(8-13)9-19(24)22-20-23(16-7-3-6-15(21)10-16)17-11-28(25,26)12-18(17)27-20/h2-8,10,17-18H,9,11-12H2,1H3. The molecule has 8 heteroatoms. The molecule has 0 radical (unpaired) electrons. The maximum absolute atomic E-state index is 12.6. The number of anilines is 1. The van der Waals surface area contributed by atoms with Crippen LogP contribution in [0.5, 0.6) is 0 Å². The van der Waals surface area contributed by atoms with Gasteiger partial charge in [0.1, 0.15) is 0 Å². The van der Waals surface area contributed by atoms with Crippen LogP contribution in [-0.2, 0) is 21.1 Å². The van der Waals surface area contributed by atoms with Crippen molar-refractivity contribution in [2.24, 2.45) is 4.99 Å². The maximum atomic E-state index is 12.6. The van der Waals surface area contributed by atoms with E-state index in [-0.39, 0.29) is 35.1 Å². The molecule has 0 N–H and O–H groups in total. The zero-order valence-electron chi connectivity index (χ0n) is 15.2. The molecule has 4 rings (SSSR count). The number of rotatable bonds is 3. The molecule has 5 nitrogen and oxygen atoms in total. The number of aryl methyl sites for hydroxylation is 1. The van der Waals surface area contributed by atoms with Crippen molar-refractivity contribution in [3.8, 4) is 0 Å². The van der Waals surface area contributed by atoms with Gasteiger partial charge in [0.05, 0.1) is 24.0 Å². The quantitative estimate of drug-likeness (QED) is 0.574. The normalized spacial score (nSPS) is 24.5. The molecule has 0 bridgehead atoms. The van der Waals surface area contributed by atoms with E-state index in [2.05, 4.69) is 27.6 Å². The van der Waals surface area contributed by atoms with Crippen molar-refractivity contribution < 1.29 is 13.2 Å². The number of nitrogens with zero attached hydrogens (tertiary/aromatic N) is 2. The van der Waals surface area contributed by atoms with Gasteiger partial charge in [0.15, 0.2) is 15.0 Å². The number of sulfone groups is 1. The van der Waals surface area contributed by atoms with Crippen LogP contribution in [-0.4, -0.2) is 42.3 Å². The molecule has 0 spiro atoms. The van der Waals surface area contributed by atoms with Crippen LogP contribution in [0.25, 0.3) is 0 Å². The van der Waals surface area contributed by atoms with Crippen molar-refractivity contribution >= 4 is 61.0 Å². The first-order valence-corrected chi connectivity index (χ1v) is 12.7. The van der Waals surface area contributed by atoms with Crippen molar-refractivity contribution in [2.75, 3.05) is 16.4 Å². The molecule has 2 fully saturated rings. The van der Waals surface area contributed by atoms with E-state index < -0.39 is 9.84 Å². The highest BCUT2D eigenvalue weighted by Gasteiger charge is 2.49. The van der Waals surface area contributed by atoms with Crippen LogP contribution in [0.1, 0.15) is 11.1 Å². The molecule has 146 valence electrons. The lowest BCUT2D eigenvalue weighted by Crippen LogP contribution is -2.37. The van der Waals surface area contributed by atoms with Crippen LogP contribution in [0, 0.1) is 10.5 Å². The first-order valence-electron chi connectivity index (χ1n) is 8.90. The van der Waals surface area contributed by atoms with Gasteiger partial charge in [-0.05, 0) is 53.3 Å². The number of thioether (sulfide) groups is 1. The van der Waals surface area contributed by atoms with E-state index in [4.69, 9.17) is 0 Å². The summed E-state index contributed by atoms with van der Waals surface area (Å²) in [6, 6.07) is 15.5. The van der Waals surface area contributed by atoms with E-state index in [1.807, 2.05) is 60.4 Å². The lowest BCUT2D eigenvalue weighted by Gasteiger charge is -2.24. The average Bonchev–Trinajstić information content (AvgIpc) is 3.05. The number of halogens is 1. The molecule has 0 aliphatic carbocycles. The summed E-state index contributed by atoms with van der Waals surface area (Å²) in [4.78, 5) is 19.0. The Morgan fingerprint density at radius 2 is 2.00 bits per heavy atom. The van der Waals surface area contributed by atoms with Gasteiger partial charge in [0.2, 0.25) is 0 Å². The molecular formula is C20H19IN2O3S2. The van der Waals surface area contributed by atoms with E-state index in [1.165, 1.54) is 11.8 Å². The second-order valence-electron chi connectivity index (χ2n) is 7.10. The summed E-state index contributed by atoms with van der Waals surface area (Å²) in [5, 5.41) is 0.512. The molecular weight excluding hydrogens is 507 g/mol. The summed E-state index contributed by atoms with van der Waals surface area (Å²) in [5.41, 5.74) is 2.92. The van der Waals surface area contributed by atoms with Gasteiger partial charge in [-0.15, -0.1) is 0 Å². The van der Waals surface area contributed by atoms with Gasteiger partial charge in [-0.2, -0.15) is 4.99 Å². The Balaban J connectivity index is 1.65. The van der Waals surface area contributed by atoms with E-state index in [0.29, 0.717) is 5.17 Å². The van der Waals surface area contributed by atoms with Crippen molar-refractivity contribution in [2.45, 2.75) is 24.6 Å². The Morgan fingerprint density at radius 3 is 2.75 bits per heavy atom. The Hall–Kier alpha value is -1.39. The van der Waals surface area contributed by atoms with Crippen LogP contribution in [0.3, 0.4) is 0 Å². The summed E-state index contributed by atoms with van der Waals surface area (Å²) in [7, 11) is -3.07. The molecule has 2 unspecified atom stereocenters. The van der Waals surface area contributed by atoms with Gasteiger partial charge in [-0.3, -0.25) is 4.79 Å². The average molecular weight is 526 g/mol. The SMILES string of the molecule is Cc1cccc(CC(=O)N=C2SC3CS(=O)(=O)CC3N2c2cccc(I)c2)c1. The number of benzene rings is 2. The highest BCUT2D eigenvalue weighted by atomic mass is 127. The Morgan fingerprint density at radius 1 is 1.21 bits per heavy atom. The predicted molar refractivity (Wildman–Crippen MR) is 123 cm³/mol. The minimum absolute atomic E-state index is 0.0895. The zero-order valence-corrected chi connectivity index (χ0v) is 19.0. The number of fused-ring (bicyclic) bond motifs is 1. The number of carbonyl (C=O) groups is 1. The fourth-order valence-electron chi connectivity index (χ4n) is 3.64. The van der Waals surface area contributed by atoms with Gasteiger partial charge in [0, 0.05) is 14.5 Å². The molecule has 2 aliphatic rings. The van der Waals surface area contributed by atoms with Crippen molar-refractivity contribution in [3.05, 3.63) is 63.2 Å². The lowest BCUT2D eigenvalue weighted by atomic mass is 10.1. The molecule has 1 amide bonds. The van der Waals surface area contributed by atoms with E-state index in [1.54, 1.807) is 0 Å². The summed E-state index contributed by atoms with van der Waals surface area (Å²) in [6.45, 7) is 1.99. The fourth-order valence-corrected chi connectivity index (χ4v) is 8.09. The van der Waals surface area contributed by atoms with E-state index >= 15 is 0 Å². The summed E-state index contributed by atoms with van der Waals surface area (Å²) >= 11 is 3.64. The number of aliphatic imine (C=N–C) groups is 1. The highest BCUT2D eigenvalue weighted by Crippen LogP contribution is 2.41. The molecule has 2 atom stereocenters. The predicted octanol–water partition coefficient (Wildman–Crippen LogP) is 3.44. The van der Waals surface area contributed by atoms with Crippen LogP contribution in [0.4, 0.5) is 5.69 Å². The van der Waals surface area contributed by atoms with Gasteiger partial charge in [0.25, 0.3) is 5.91 Å². The Labute approximate surface area is 182 Å². The van der Waals surface area contributed by atoms with E-state index in [9.17, 15) is 13.2 Å². The third kappa shape index (κ3) is 4.28. The number of amidine groups is 1. The zero-order chi connectivity index (χ0) is 19.9. The molecule has 2 aromatic carbocycles. The molecule has 0 saturated carbocycles. The van der Waals surface area contributed by atoms with Crippen LogP contribution in [0.15, 0.2) is 53.5 Å². The monoisotopic (exact) mass is 526 g/mol. The lowest BCUT2D eigenvalue weighted by molar-refractivity contribution is -0.117. The van der Waals surface area contributed by atoms with Crippen molar-refractivity contribution in [1.82, 2.24) is 0 Å². The fraction of sp³-hybridized carbons (Fsp3) is 0.300. The Bertz CT molecular complexity index is 1070. The minimum Gasteiger partial charge on any atom is -0.316 e. The third-order valence-electron chi connectivity index (χ3n) is 4.81. The maximum Gasteiger partial charge on any atom is 0.252 e. The summed E-state index contributed by atoms with van der Waals surface area (Å²) in [5.74, 6) is 0.0151. The smallest absolute Gasteiger partial charge is 0.252 e. The number of amides is 1. The Kier molecular flexibility index (Phi) is 5.54. The van der Waals surface area contributed by atoms with Crippen LogP contribution >= 0.6 is 34.4 Å². The number of hydrogen-bond donors (Lipinski definition) is 0. The highest BCUT2D eigenvalue weighted by molar-refractivity contribution is 14.1. The second kappa shape index (κ2) is 7.79. The van der Waals surface area contributed by atoms with Crippen molar-refractivity contribution in [3.63, 3.8) is 0 Å². The minimum atomic E-state index is -3.07. The largest absolute Gasteiger partial charge is 0.316 e. The second-order valence-corrected chi connectivity index (χ2v) is 11.7. The first kappa shape index (κ1) is 19.9. The third-order valence-corrected chi connectivity index (χ3v) is 8.69. The molecule has 2 saturated heterocycles. The molecule has 2 heterocycles. The molecule has 2 aromatic rings. The van der Waals surface area contributed by atoms with Gasteiger partial charge in [-0.1, -0.05) is 47.7 Å². The van der Waals surface area contributed by atoms with Crippen molar-refractivity contribution in [1.29, 1.82) is 0 Å². The summed E-state index contributed by atoms with van der Waals surface area (Å²) in [6.07, 6.45) is 0.236. The van der Waals surface area contributed by atoms with E-state index in [0.717, 1.165) is 20.4 Å². The molecule has 28 heavy (non-hydrogen) atoms. The van der Waals surface area contributed by atoms with Crippen LogP contribution in [0.2, 0.25) is 0 Å². The number of hydrogen-bond acceptors (Lipinski definition) is 4.